The first-order valence-corrected chi connectivity index (χ1v) is 10.2. The second kappa shape index (κ2) is 6.24. The number of sulfone groups is 1. The molecule has 0 unspecified atom stereocenters. The molecule has 0 spiro atoms. The van der Waals surface area contributed by atoms with Gasteiger partial charge < -0.3 is 5.11 Å². The summed E-state index contributed by atoms with van der Waals surface area (Å²) in [7, 11) is -3.97. The number of rotatable bonds is 3. The Morgan fingerprint density at radius 1 is 1.15 bits per heavy atom. The smallest absolute Gasteiger partial charge is 0.312 e. The molecule has 3 rings (SSSR count). The third-order valence-corrected chi connectivity index (χ3v) is 6.28. The van der Waals surface area contributed by atoms with E-state index in [1.54, 1.807) is 13.0 Å². The molecule has 0 heterocycles. The standard InChI is InChI=1S/C17H14F4O3S2/c1-8-5-9(18)7-10(6-8)25-11-3-4-12(26(2,23)24)14-13(11)15(19)17(20,21)16(14)22/h3-7,15-16,22H,1-2H3/t15-,16+/m1/s1. The van der Waals surface area contributed by atoms with Crippen LogP contribution >= 0.6 is 11.8 Å². The van der Waals surface area contributed by atoms with E-state index in [0.717, 1.165) is 30.2 Å². The zero-order valence-corrected chi connectivity index (χ0v) is 15.3. The zero-order chi connectivity index (χ0) is 19.4. The lowest BCUT2D eigenvalue weighted by Crippen LogP contribution is -2.24. The predicted octanol–water partition coefficient (Wildman–Crippen LogP) is 4.38. The highest BCUT2D eigenvalue weighted by Gasteiger charge is 2.58. The summed E-state index contributed by atoms with van der Waals surface area (Å²) in [6, 6.07) is 6.27. The van der Waals surface area contributed by atoms with E-state index in [9.17, 15) is 31.1 Å². The molecule has 1 aliphatic rings. The van der Waals surface area contributed by atoms with Crippen molar-refractivity contribution in [2.45, 2.75) is 39.8 Å². The lowest BCUT2D eigenvalue weighted by molar-refractivity contribution is -0.144. The maximum Gasteiger partial charge on any atom is 0.312 e. The molecule has 0 fully saturated rings. The Balaban J connectivity index is 2.21. The van der Waals surface area contributed by atoms with Crippen molar-refractivity contribution in [1.29, 1.82) is 0 Å². The lowest BCUT2D eigenvalue weighted by Gasteiger charge is -2.16. The van der Waals surface area contributed by atoms with Crippen LogP contribution in [0.1, 0.15) is 29.0 Å². The van der Waals surface area contributed by atoms with Gasteiger partial charge >= 0.3 is 5.92 Å². The van der Waals surface area contributed by atoms with Crippen molar-refractivity contribution in [2.75, 3.05) is 6.26 Å². The summed E-state index contributed by atoms with van der Waals surface area (Å²) in [6.45, 7) is 1.64. The number of aliphatic hydroxyl groups excluding tert-OH is 1. The fraction of sp³-hybridized carbons (Fsp3) is 0.294. The molecule has 2 atom stereocenters. The van der Waals surface area contributed by atoms with E-state index in [2.05, 4.69) is 0 Å². The average Bonchev–Trinajstić information content (AvgIpc) is 2.67. The van der Waals surface area contributed by atoms with Gasteiger partial charge in [-0.05, 0) is 42.8 Å². The van der Waals surface area contributed by atoms with Crippen molar-refractivity contribution < 1.29 is 31.1 Å². The molecule has 0 saturated heterocycles. The lowest BCUT2D eigenvalue weighted by atomic mass is 10.1. The summed E-state index contributed by atoms with van der Waals surface area (Å²) in [5.74, 6) is -4.70. The highest BCUT2D eigenvalue weighted by atomic mass is 32.2. The van der Waals surface area contributed by atoms with E-state index < -0.39 is 49.9 Å². The van der Waals surface area contributed by atoms with Gasteiger partial charge in [-0.3, -0.25) is 0 Å². The van der Waals surface area contributed by atoms with Crippen LogP contribution in [0.15, 0.2) is 45.0 Å². The summed E-state index contributed by atoms with van der Waals surface area (Å²) < 4.78 is 79.9. The highest BCUT2D eigenvalue weighted by Crippen LogP contribution is 2.57. The van der Waals surface area contributed by atoms with Gasteiger partial charge in [0, 0.05) is 27.2 Å². The van der Waals surface area contributed by atoms with Crippen LogP contribution in [0.25, 0.3) is 0 Å². The Hall–Kier alpha value is -1.58. The molecular formula is C17H14F4O3S2. The topological polar surface area (TPSA) is 54.4 Å². The van der Waals surface area contributed by atoms with E-state index in [0.29, 0.717) is 10.5 Å². The molecule has 0 amide bonds. The number of benzene rings is 2. The number of hydrogen-bond donors (Lipinski definition) is 1. The summed E-state index contributed by atoms with van der Waals surface area (Å²) in [6.07, 6.45) is -4.65. The van der Waals surface area contributed by atoms with Crippen molar-refractivity contribution in [3.63, 3.8) is 0 Å². The van der Waals surface area contributed by atoms with Crippen molar-refractivity contribution >= 4 is 21.6 Å². The van der Waals surface area contributed by atoms with Gasteiger partial charge in [-0.15, -0.1) is 0 Å². The number of aliphatic hydroxyl groups is 1. The van der Waals surface area contributed by atoms with E-state index in [1.165, 1.54) is 12.1 Å². The Bertz CT molecular complexity index is 969. The molecule has 2 aromatic rings. The Kier molecular flexibility index (Phi) is 4.61. The summed E-state index contributed by atoms with van der Waals surface area (Å²) in [5.41, 5.74) is -0.625. The van der Waals surface area contributed by atoms with E-state index in [1.807, 2.05) is 0 Å². The average molecular weight is 406 g/mol. The van der Waals surface area contributed by atoms with Crippen LogP contribution in [0.3, 0.4) is 0 Å². The van der Waals surface area contributed by atoms with Gasteiger partial charge in [-0.2, -0.15) is 8.78 Å². The third-order valence-electron chi connectivity index (χ3n) is 4.08. The third kappa shape index (κ3) is 3.12. The van der Waals surface area contributed by atoms with Gasteiger partial charge in [-0.1, -0.05) is 11.8 Å². The molecule has 1 aliphatic carbocycles. The van der Waals surface area contributed by atoms with Crippen molar-refractivity contribution in [2.24, 2.45) is 0 Å². The van der Waals surface area contributed by atoms with Crippen LogP contribution in [0.4, 0.5) is 17.6 Å². The van der Waals surface area contributed by atoms with Gasteiger partial charge in [0.05, 0.1) is 4.90 Å². The largest absolute Gasteiger partial charge is 0.382 e. The molecule has 9 heteroatoms. The second-order valence-electron chi connectivity index (χ2n) is 6.17. The van der Waals surface area contributed by atoms with Gasteiger partial charge in [0.15, 0.2) is 16.0 Å². The normalized spacial score (nSPS) is 21.7. The van der Waals surface area contributed by atoms with Crippen LogP contribution in [0.5, 0.6) is 0 Å². The minimum atomic E-state index is -4.16. The highest BCUT2D eigenvalue weighted by molar-refractivity contribution is 7.99. The maximum absolute atomic E-state index is 14.4. The van der Waals surface area contributed by atoms with Gasteiger partial charge in [0.25, 0.3) is 0 Å². The van der Waals surface area contributed by atoms with Crippen LogP contribution in [-0.2, 0) is 9.84 Å². The van der Waals surface area contributed by atoms with Gasteiger partial charge in [-0.25, -0.2) is 17.2 Å². The van der Waals surface area contributed by atoms with Gasteiger partial charge in [0.1, 0.15) is 11.9 Å². The van der Waals surface area contributed by atoms with Crippen molar-refractivity contribution in [3.8, 4) is 0 Å². The minimum Gasteiger partial charge on any atom is -0.382 e. The summed E-state index contributed by atoms with van der Waals surface area (Å²) in [4.78, 5) is -0.200. The Morgan fingerprint density at radius 3 is 2.38 bits per heavy atom. The number of halogens is 4. The SMILES string of the molecule is Cc1cc(F)cc(Sc2ccc(S(C)(=O)=O)c3c2[C@@H](F)C(F)(F)[C@H]3O)c1. The Labute approximate surface area is 152 Å². The first-order valence-electron chi connectivity index (χ1n) is 7.44. The number of aryl methyl sites for hydroxylation is 1. The zero-order valence-electron chi connectivity index (χ0n) is 13.6. The number of fused-ring (bicyclic) bond motifs is 1. The number of hydrogen-bond acceptors (Lipinski definition) is 4. The second-order valence-corrected chi connectivity index (χ2v) is 9.27. The molecule has 0 radical (unpaired) electrons. The monoisotopic (exact) mass is 406 g/mol. The van der Waals surface area contributed by atoms with Crippen LogP contribution in [-0.4, -0.2) is 25.7 Å². The molecule has 140 valence electrons. The van der Waals surface area contributed by atoms with E-state index >= 15 is 0 Å². The molecule has 3 nitrogen and oxygen atoms in total. The maximum atomic E-state index is 14.4. The quantitative estimate of drug-likeness (QED) is 0.769. The van der Waals surface area contributed by atoms with Crippen LogP contribution in [0, 0.1) is 12.7 Å². The van der Waals surface area contributed by atoms with E-state index in [-0.39, 0.29) is 4.90 Å². The van der Waals surface area contributed by atoms with Crippen LogP contribution in [0.2, 0.25) is 0 Å². The first-order chi connectivity index (χ1) is 11.9. The fourth-order valence-corrected chi connectivity index (χ4v) is 5.03. The molecular weight excluding hydrogens is 392 g/mol. The van der Waals surface area contributed by atoms with Gasteiger partial charge in [0.2, 0.25) is 0 Å². The summed E-state index contributed by atoms with van der Waals surface area (Å²) in [5, 5.41) is 9.88. The number of alkyl halides is 3. The molecule has 0 bridgehead atoms. The fourth-order valence-electron chi connectivity index (χ4n) is 2.96. The molecule has 0 aromatic heterocycles. The first kappa shape index (κ1) is 19.2. The minimum absolute atomic E-state index is 0.00104. The summed E-state index contributed by atoms with van der Waals surface area (Å²) >= 11 is 0.828. The molecule has 26 heavy (non-hydrogen) atoms. The molecule has 1 N–H and O–H groups in total. The predicted molar refractivity (Wildman–Crippen MR) is 88.6 cm³/mol. The Morgan fingerprint density at radius 2 is 1.81 bits per heavy atom. The van der Waals surface area contributed by atoms with Crippen LogP contribution < -0.4 is 0 Å². The van der Waals surface area contributed by atoms with E-state index in [4.69, 9.17) is 0 Å². The molecule has 0 aliphatic heterocycles. The molecule has 0 saturated carbocycles. The van der Waals surface area contributed by atoms with Crippen molar-refractivity contribution in [3.05, 3.63) is 52.8 Å². The van der Waals surface area contributed by atoms with Crippen molar-refractivity contribution in [1.82, 2.24) is 0 Å². The molecule has 2 aromatic carbocycles.